The molecule has 12 nitrogen and oxygen atoms in total. The van der Waals surface area contributed by atoms with E-state index in [0.717, 1.165) is 0 Å². The fraction of sp³-hybridized carbons (Fsp3) is 0.913. The summed E-state index contributed by atoms with van der Waals surface area (Å²) in [5.41, 5.74) is 0. The molecular weight excluding hydrogens is 466 g/mol. The van der Waals surface area contributed by atoms with Crippen molar-refractivity contribution >= 4 is 11.9 Å². The molecule has 0 aromatic carbocycles. The maximum Gasteiger partial charge on any atom is 0.302 e. The average molecular weight is 502 g/mol. The SMILES string of the molecule is CC(=O)NC1C[C@@H](OC(C)=O)CO[C@@H]2[C@H]3OC(C)(C)O[C@H]3O[C@@H]2CO[C@@H]2[C@H]3OC(C)(C)O[C@H]3O[C@H]12. The fourth-order valence-electron chi connectivity index (χ4n) is 5.53. The standard InChI is InChI=1S/C23H35NO11/c1-10(25)24-13-7-12(29-11(2)26)8-27-16-14(30-20-18(16)32-22(3,4)34-20)9-28-17-15(13)31-21-19(17)33-23(5,6)35-21/h12-21H,7-9H2,1-6H3,(H,24,25)/t12-,13?,14-,15-,16+,17+,18-,19-,20-,21-/m1/s1. The monoisotopic (exact) mass is 501 g/mol. The number of carbonyl (C=O) groups is 2. The third kappa shape index (κ3) is 5.21. The van der Waals surface area contributed by atoms with E-state index >= 15 is 0 Å². The molecule has 5 rings (SSSR count). The molecule has 0 bridgehead atoms. The van der Waals surface area contributed by atoms with Crippen LogP contribution in [0.25, 0.3) is 0 Å². The van der Waals surface area contributed by atoms with Gasteiger partial charge in [0.25, 0.3) is 0 Å². The molecule has 5 heterocycles. The van der Waals surface area contributed by atoms with Gasteiger partial charge < -0.3 is 47.9 Å². The van der Waals surface area contributed by atoms with Crippen molar-refractivity contribution in [3.8, 4) is 0 Å². The van der Waals surface area contributed by atoms with Crippen LogP contribution in [0.2, 0.25) is 0 Å². The van der Waals surface area contributed by atoms with Crippen LogP contribution in [0.3, 0.4) is 0 Å². The molecule has 35 heavy (non-hydrogen) atoms. The molecule has 0 aromatic heterocycles. The molecular formula is C23H35NO11. The van der Waals surface area contributed by atoms with E-state index in [2.05, 4.69) is 5.32 Å². The molecule has 5 aliphatic rings. The second-order valence-corrected chi connectivity index (χ2v) is 10.6. The summed E-state index contributed by atoms with van der Waals surface area (Å²) in [5, 5.41) is 2.92. The van der Waals surface area contributed by atoms with Crippen molar-refractivity contribution in [1.82, 2.24) is 5.32 Å². The number of amides is 1. The molecule has 198 valence electrons. The molecule has 5 saturated heterocycles. The first kappa shape index (κ1) is 25.3. The van der Waals surface area contributed by atoms with E-state index in [-0.39, 0.29) is 25.5 Å². The molecule has 10 atom stereocenters. The number of ether oxygens (including phenoxy) is 9. The van der Waals surface area contributed by atoms with Gasteiger partial charge in [0.05, 0.1) is 19.3 Å². The van der Waals surface area contributed by atoms with Crippen molar-refractivity contribution in [2.75, 3.05) is 13.2 Å². The molecule has 0 radical (unpaired) electrons. The minimum atomic E-state index is -0.848. The predicted octanol–water partition coefficient (Wildman–Crippen LogP) is 0.350. The Morgan fingerprint density at radius 3 is 2.00 bits per heavy atom. The minimum absolute atomic E-state index is 0.0669. The molecule has 12 heteroatoms. The fourth-order valence-corrected chi connectivity index (χ4v) is 5.53. The van der Waals surface area contributed by atoms with Gasteiger partial charge >= 0.3 is 5.97 Å². The maximum atomic E-state index is 12.1. The van der Waals surface area contributed by atoms with Crippen LogP contribution in [0.15, 0.2) is 0 Å². The molecule has 1 unspecified atom stereocenters. The number of nitrogens with one attached hydrogen (secondary N) is 1. The highest BCUT2D eigenvalue weighted by atomic mass is 16.9. The Balaban J connectivity index is 1.43. The molecule has 5 fully saturated rings. The molecule has 1 amide bonds. The van der Waals surface area contributed by atoms with Gasteiger partial charge in [-0.3, -0.25) is 9.59 Å². The Labute approximate surface area is 204 Å². The number of esters is 1. The smallest absolute Gasteiger partial charge is 0.302 e. The van der Waals surface area contributed by atoms with E-state index in [1.807, 2.05) is 13.8 Å². The summed E-state index contributed by atoms with van der Waals surface area (Å²) in [5.74, 6) is -2.38. The van der Waals surface area contributed by atoms with Crippen LogP contribution in [0.4, 0.5) is 0 Å². The normalized spacial score (nSPS) is 46.0. The molecule has 5 aliphatic heterocycles. The summed E-state index contributed by atoms with van der Waals surface area (Å²) in [4.78, 5) is 24.0. The van der Waals surface area contributed by atoms with Crippen LogP contribution in [0.1, 0.15) is 48.0 Å². The maximum absolute atomic E-state index is 12.1. The highest BCUT2D eigenvalue weighted by Gasteiger charge is 2.60. The van der Waals surface area contributed by atoms with Gasteiger partial charge in [-0.2, -0.15) is 0 Å². The minimum Gasteiger partial charge on any atom is -0.460 e. The molecule has 0 saturated carbocycles. The second kappa shape index (κ2) is 9.18. The van der Waals surface area contributed by atoms with Gasteiger partial charge in [0, 0.05) is 20.3 Å². The van der Waals surface area contributed by atoms with E-state index in [1.54, 1.807) is 13.8 Å². The number of fused-ring (bicyclic) bond motifs is 6. The second-order valence-electron chi connectivity index (χ2n) is 10.6. The van der Waals surface area contributed by atoms with Crippen LogP contribution in [-0.4, -0.2) is 98.0 Å². The Bertz CT molecular complexity index is 834. The lowest BCUT2D eigenvalue weighted by atomic mass is 9.97. The van der Waals surface area contributed by atoms with Crippen molar-refractivity contribution in [2.45, 2.75) is 121 Å². The Hall–Kier alpha value is -1.38. The van der Waals surface area contributed by atoms with Crippen LogP contribution >= 0.6 is 0 Å². The van der Waals surface area contributed by atoms with Crippen LogP contribution in [-0.2, 0) is 52.2 Å². The Morgan fingerprint density at radius 2 is 1.37 bits per heavy atom. The highest BCUT2D eigenvalue weighted by molar-refractivity contribution is 5.73. The van der Waals surface area contributed by atoms with E-state index in [1.165, 1.54) is 13.8 Å². The van der Waals surface area contributed by atoms with Crippen molar-refractivity contribution in [1.29, 1.82) is 0 Å². The summed E-state index contributed by atoms with van der Waals surface area (Å²) in [6, 6.07) is -0.553. The zero-order chi connectivity index (χ0) is 25.1. The highest BCUT2D eigenvalue weighted by Crippen LogP contribution is 2.43. The van der Waals surface area contributed by atoms with E-state index < -0.39 is 78.9 Å². The Kier molecular flexibility index (Phi) is 6.63. The van der Waals surface area contributed by atoms with Gasteiger partial charge in [0.2, 0.25) is 5.91 Å². The van der Waals surface area contributed by atoms with Crippen molar-refractivity contribution in [3.63, 3.8) is 0 Å². The van der Waals surface area contributed by atoms with Crippen molar-refractivity contribution in [3.05, 3.63) is 0 Å². The first-order chi connectivity index (χ1) is 16.4. The third-order valence-corrected chi connectivity index (χ3v) is 6.68. The first-order valence-corrected chi connectivity index (χ1v) is 12.1. The zero-order valence-corrected chi connectivity index (χ0v) is 20.9. The van der Waals surface area contributed by atoms with Gasteiger partial charge in [-0.05, 0) is 27.7 Å². The zero-order valence-electron chi connectivity index (χ0n) is 20.9. The lowest BCUT2D eigenvalue weighted by molar-refractivity contribution is -0.235. The quantitative estimate of drug-likeness (QED) is 0.526. The largest absolute Gasteiger partial charge is 0.460 e. The van der Waals surface area contributed by atoms with Crippen LogP contribution < -0.4 is 5.32 Å². The van der Waals surface area contributed by atoms with Crippen LogP contribution in [0.5, 0.6) is 0 Å². The summed E-state index contributed by atoms with van der Waals surface area (Å²) in [6.45, 7) is 10.2. The number of rotatable bonds is 2. The molecule has 0 spiro atoms. The van der Waals surface area contributed by atoms with Gasteiger partial charge in [-0.1, -0.05) is 0 Å². The number of hydrogen-bond donors (Lipinski definition) is 1. The average Bonchev–Trinajstić information content (AvgIpc) is 3.37. The summed E-state index contributed by atoms with van der Waals surface area (Å²) < 4.78 is 54.5. The first-order valence-electron chi connectivity index (χ1n) is 12.1. The van der Waals surface area contributed by atoms with Crippen molar-refractivity contribution < 1.29 is 52.2 Å². The topological polar surface area (TPSA) is 129 Å². The predicted molar refractivity (Wildman–Crippen MR) is 115 cm³/mol. The Morgan fingerprint density at radius 1 is 0.771 bits per heavy atom. The number of carbonyl (C=O) groups excluding carboxylic acids is 2. The molecule has 1 N–H and O–H groups in total. The number of hydrogen-bond acceptors (Lipinski definition) is 11. The van der Waals surface area contributed by atoms with E-state index in [9.17, 15) is 9.59 Å². The summed E-state index contributed by atoms with van der Waals surface area (Å²) in [7, 11) is 0. The van der Waals surface area contributed by atoms with Gasteiger partial charge in [0.1, 0.15) is 42.7 Å². The van der Waals surface area contributed by atoms with Crippen LogP contribution in [0, 0.1) is 0 Å². The van der Waals surface area contributed by atoms with Crippen molar-refractivity contribution in [2.24, 2.45) is 0 Å². The van der Waals surface area contributed by atoms with E-state index in [4.69, 9.17) is 42.6 Å². The third-order valence-electron chi connectivity index (χ3n) is 6.68. The van der Waals surface area contributed by atoms with E-state index in [0.29, 0.717) is 0 Å². The summed E-state index contributed by atoms with van der Waals surface area (Å²) in [6.07, 6.45) is -4.94. The van der Waals surface area contributed by atoms with Gasteiger partial charge in [-0.15, -0.1) is 0 Å². The molecule has 0 aromatic rings. The molecule has 0 aliphatic carbocycles. The van der Waals surface area contributed by atoms with Gasteiger partial charge in [-0.25, -0.2) is 0 Å². The lowest BCUT2D eigenvalue weighted by Crippen LogP contribution is -2.52. The van der Waals surface area contributed by atoms with Gasteiger partial charge in [0.15, 0.2) is 24.2 Å². The summed E-state index contributed by atoms with van der Waals surface area (Å²) >= 11 is 0. The lowest BCUT2D eigenvalue weighted by Gasteiger charge is -2.32.